The Balaban J connectivity index is 1.91. The van der Waals surface area contributed by atoms with Gasteiger partial charge in [-0.15, -0.1) is 0 Å². The smallest absolute Gasteiger partial charge is 0.0465 e. The lowest BCUT2D eigenvalue weighted by Crippen LogP contribution is -2.45. The molecule has 2 aliphatic carbocycles. The molecule has 2 aliphatic rings. The number of rotatable bonds is 8. The van der Waals surface area contributed by atoms with E-state index in [4.69, 9.17) is 4.74 Å². The predicted octanol–water partition coefficient (Wildman–Crippen LogP) is 4.63. The molecule has 5 unspecified atom stereocenters. The van der Waals surface area contributed by atoms with Gasteiger partial charge in [0.1, 0.15) is 0 Å². The van der Waals surface area contributed by atoms with Crippen LogP contribution in [0.4, 0.5) is 0 Å². The summed E-state index contributed by atoms with van der Waals surface area (Å²) in [6.45, 7) is 6.79. The first-order chi connectivity index (χ1) is 10.3. The van der Waals surface area contributed by atoms with Gasteiger partial charge in [0.25, 0.3) is 0 Å². The van der Waals surface area contributed by atoms with Crippen LogP contribution in [0.25, 0.3) is 0 Å². The molecule has 2 heteroatoms. The summed E-state index contributed by atoms with van der Waals surface area (Å²) < 4.78 is 5.31. The highest BCUT2D eigenvalue weighted by Gasteiger charge is 2.36. The van der Waals surface area contributed by atoms with Crippen molar-refractivity contribution in [2.45, 2.75) is 77.7 Å². The van der Waals surface area contributed by atoms with Crippen LogP contribution in [0, 0.1) is 23.7 Å². The van der Waals surface area contributed by atoms with Gasteiger partial charge in [-0.2, -0.15) is 0 Å². The van der Waals surface area contributed by atoms with Crippen molar-refractivity contribution in [3.63, 3.8) is 0 Å². The van der Waals surface area contributed by atoms with Gasteiger partial charge >= 0.3 is 0 Å². The van der Waals surface area contributed by atoms with E-state index < -0.39 is 0 Å². The average Bonchev–Trinajstić information content (AvgIpc) is 2.53. The Kier molecular flexibility index (Phi) is 7.53. The first kappa shape index (κ1) is 17.3. The topological polar surface area (TPSA) is 21.3 Å². The van der Waals surface area contributed by atoms with Crippen molar-refractivity contribution in [1.29, 1.82) is 0 Å². The maximum atomic E-state index is 5.31. The summed E-state index contributed by atoms with van der Waals surface area (Å²) in [6.07, 6.45) is 12.9. The van der Waals surface area contributed by atoms with E-state index in [1.54, 1.807) is 0 Å². The van der Waals surface area contributed by atoms with Gasteiger partial charge in [0.05, 0.1) is 0 Å². The second kappa shape index (κ2) is 9.15. The first-order valence-corrected chi connectivity index (χ1v) is 9.48. The van der Waals surface area contributed by atoms with Crippen molar-refractivity contribution in [3.8, 4) is 0 Å². The Labute approximate surface area is 132 Å². The van der Waals surface area contributed by atoms with Crippen LogP contribution in [0.5, 0.6) is 0 Å². The van der Waals surface area contributed by atoms with E-state index in [2.05, 4.69) is 19.2 Å². The number of ether oxygens (including phenoxy) is 1. The molecule has 2 rings (SSSR count). The number of fused-ring (bicyclic) bond motifs is 1. The van der Waals surface area contributed by atoms with E-state index in [1.807, 2.05) is 7.11 Å². The molecule has 0 amide bonds. The van der Waals surface area contributed by atoms with Gasteiger partial charge < -0.3 is 10.1 Å². The van der Waals surface area contributed by atoms with E-state index in [9.17, 15) is 0 Å². The normalized spacial score (nSPS) is 32.4. The van der Waals surface area contributed by atoms with Gasteiger partial charge in [0.2, 0.25) is 0 Å². The Morgan fingerprint density at radius 3 is 2.57 bits per heavy atom. The molecule has 0 aromatic carbocycles. The van der Waals surface area contributed by atoms with Gasteiger partial charge in [-0.1, -0.05) is 39.5 Å². The molecular formula is C19H37NO. The summed E-state index contributed by atoms with van der Waals surface area (Å²) >= 11 is 0. The highest BCUT2D eigenvalue weighted by Crippen LogP contribution is 2.44. The van der Waals surface area contributed by atoms with Gasteiger partial charge in [-0.05, 0) is 62.3 Å². The second-order valence-corrected chi connectivity index (χ2v) is 7.62. The minimum atomic E-state index is 0.711. The molecular weight excluding hydrogens is 258 g/mol. The van der Waals surface area contributed by atoms with Gasteiger partial charge in [0.15, 0.2) is 0 Å². The third kappa shape index (κ3) is 4.96. The molecule has 0 saturated heterocycles. The summed E-state index contributed by atoms with van der Waals surface area (Å²) in [4.78, 5) is 0. The minimum absolute atomic E-state index is 0.711. The van der Waals surface area contributed by atoms with E-state index in [1.165, 1.54) is 64.3 Å². The molecule has 0 aliphatic heterocycles. The van der Waals surface area contributed by atoms with Crippen LogP contribution in [-0.2, 0) is 4.74 Å². The van der Waals surface area contributed by atoms with Crippen molar-refractivity contribution >= 4 is 0 Å². The van der Waals surface area contributed by atoms with Crippen molar-refractivity contribution in [2.24, 2.45) is 23.7 Å². The molecule has 0 bridgehead atoms. The van der Waals surface area contributed by atoms with E-state index >= 15 is 0 Å². The largest absolute Gasteiger partial charge is 0.385 e. The van der Waals surface area contributed by atoms with Crippen molar-refractivity contribution in [3.05, 3.63) is 0 Å². The van der Waals surface area contributed by atoms with Crippen molar-refractivity contribution in [2.75, 3.05) is 20.3 Å². The van der Waals surface area contributed by atoms with Gasteiger partial charge in [0, 0.05) is 19.8 Å². The SMILES string of the molecule is CCCNC(C(C)CCOC)C1CCC2CCCCC2C1. The van der Waals surface area contributed by atoms with Crippen molar-refractivity contribution < 1.29 is 4.74 Å². The number of methoxy groups -OCH3 is 1. The van der Waals surface area contributed by atoms with E-state index in [-0.39, 0.29) is 0 Å². The molecule has 2 saturated carbocycles. The summed E-state index contributed by atoms with van der Waals surface area (Å²) in [5.74, 6) is 3.75. The molecule has 5 atom stereocenters. The second-order valence-electron chi connectivity index (χ2n) is 7.62. The van der Waals surface area contributed by atoms with E-state index in [0.29, 0.717) is 6.04 Å². The lowest BCUT2D eigenvalue weighted by atomic mass is 9.65. The molecule has 21 heavy (non-hydrogen) atoms. The van der Waals surface area contributed by atoms with Gasteiger partial charge in [-0.3, -0.25) is 0 Å². The molecule has 0 aromatic heterocycles. The summed E-state index contributed by atoms with van der Waals surface area (Å²) in [5.41, 5.74) is 0. The summed E-state index contributed by atoms with van der Waals surface area (Å²) in [5, 5.41) is 3.89. The van der Waals surface area contributed by atoms with Crippen LogP contribution < -0.4 is 5.32 Å². The van der Waals surface area contributed by atoms with Crippen LogP contribution in [0.2, 0.25) is 0 Å². The maximum absolute atomic E-state index is 5.31. The van der Waals surface area contributed by atoms with Crippen LogP contribution >= 0.6 is 0 Å². The molecule has 2 fully saturated rings. The van der Waals surface area contributed by atoms with E-state index in [0.717, 1.165) is 30.3 Å². The standard InChI is InChI=1S/C19H37NO/c1-4-12-20-19(15(2)11-13-21-3)18-10-9-16-7-5-6-8-17(16)14-18/h15-20H,4-14H2,1-3H3. The predicted molar refractivity (Wildman–Crippen MR) is 90.5 cm³/mol. The molecule has 0 aromatic rings. The fraction of sp³-hybridized carbons (Fsp3) is 1.00. The number of hydrogen-bond donors (Lipinski definition) is 1. The number of nitrogens with one attached hydrogen (secondary N) is 1. The Morgan fingerprint density at radius 1 is 1.10 bits per heavy atom. The average molecular weight is 296 g/mol. The minimum Gasteiger partial charge on any atom is -0.385 e. The molecule has 1 N–H and O–H groups in total. The molecule has 0 spiro atoms. The fourth-order valence-electron chi connectivity index (χ4n) is 4.86. The van der Waals surface area contributed by atoms with Crippen LogP contribution in [0.3, 0.4) is 0 Å². The zero-order valence-corrected chi connectivity index (χ0v) is 14.6. The Hall–Kier alpha value is -0.0800. The number of hydrogen-bond acceptors (Lipinski definition) is 2. The fourth-order valence-corrected chi connectivity index (χ4v) is 4.86. The zero-order chi connectivity index (χ0) is 15.1. The third-order valence-electron chi connectivity index (χ3n) is 6.11. The maximum Gasteiger partial charge on any atom is 0.0465 e. The highest BCUT2D eigenvalue weighted by molar-refractivity contribution is 4.90. The first-order valence-electron chi connectivity index (χ1n) is 9.48. The van der Waals surface area contributed by atoms with Crippen molar-refractivity contribution in [1.82, 2.24) is 5.32 Å². The molecule has 0 heterocycles. The van der Waals surface area contributed by atoms with Crippen LogP contribution in [0.15, 0.2) is 0 Å². The lowest BCUT2D eigenvalue weighted by molar-refractivity contribution is 0.0864. The molecule has 124 valence electrons. The molecule has 0 radical (unpaired) electrons. The quantitative estimate of drug-likeness (QED) is 0.704. The molecule has 2 nitrogen and oxygen atoms in total. The monoisotopic (exact) mass is 295 g/mol. The summed E-state index contributed by atoms with van der Waals surface area (Å²) in [7, 11) is 1.83. The van der Waals surface area contributed by atoms with Crippen LogP contribution in [-0.4, -0.2) is 26.3 Å². The Bertz CT molecular complexity index is 281. The highest BCUT2D eigenvalue weighted by atomic mass is 16.5. The zero-order valence-electron chi connectivity index (χ0n) is 14.6. The third-order valence-corrected chi connectivity index (χ3v) is 6.11. The Morgan fingerprint density at radius 2 is 1.86 bits per heavy atom. The van der Waals surface area contributed by atoms with Gasteiger partial charge in [-0.25, -0.2) is 0 Å². The van der Waals surface area contributed by atoms with Crippen LogP contribution in [0.1, 0.15) is 71.6 Å². The summed E-state index contributed by atoms with van der Waals surface area (Å²) in [6, 6.07) is 0.711. The lowest BCUT2D eigenvalue weighted by Gasteiger charge is -2.43.